The molecular weight excluding hydrogens is 311 g/mol. The molecule has 0 bridgehead atoms. The number of alkyl halides is 3. The minimum atomic E-state index is -4.62. The van der Waals surface area contributed by atoms with E-state index in [-0.39, 0.29) is 28.6 Å². The summed E-state index contributed by atoms with van der Waals surface area (Å²) in [4.78, 5) is 11.7. The van der Waals surface area contributed by atoms with E-state index < -0.39 is 17.7 Å². The Bertz CT molecular complexity index is 670. The molecule has 0 unspecified atom stereocenters. The SMILES string of the molecule is CCOC(=O)c1n[nH]nc1-c1cc(Cl)ccc1C(F)(F)F. The van der Waals surface area contributed by atoms with E-state index in [9.17, 15) is 18.0 Å². The van der Waals surface area contributed by atoms with Crippen molar-refractivity contribution in [2.24, 2.45) is 0 Å². The summed E-state index contributed by atoms with van der Waals surface area (Å²) >= 11 is 5.73. The van der Waals surface area contributed by atoms with Crippen LogP contribution in [0.1, 0.15) is 23.0 Å². The molecule has 0 aliphatic carbocycles. The number of esters is 1. The molecule has 5 nitrogen and oxygen atoms in total. The maximum absolute atomic E-state index is 13.0. The lowest BCUT2D eigenvalue weighted by atomic mass is 10.0. The van der Waals surface area contributed by atoms with E-state index in [1.54, 1.807) is 6.92 Å². The molecule has 0 spiro atoms. The van der Waals surface area contributed by atoms with Crippen molar-refractivity contribution >= 4 is 17.6 Å². The van der Waals surface area contributed by atoms with E-state index in [4.69, 9.17) is 16.3 Å². The second-order valence-electron chi connectivity index (χ2n) is 3.93. The first-order chi connectivity index (χ1) is 9.84. The first kappa shape index (κ1) is 15.3. The number of ether oxygens (including phenoxy) is 1. The predicted molar refractivity (Wildman–Crippen MR) is 67.8 cm³/mol. The van der Waals surface area contributed by atoms with Crippen LogP contribution >= 0.6 is 11.6 Å². The molecule has 0 atom stereocenters. The number of carbonyl (C=O) groups is 1. The van der Waals surface area contributed by atoms with Crippen molar-refractivity contribution < 1.29 is 22.7 Å². The van der Waals surface area contributed by atoms with Gasteiger partial charge in [0.15, 0.2) is 5.69 Å². The molecule has 0 radical (unpaired) electrons. The van der Waals surface area contributed by atoms with Crippen LogP contribution in [0, 0.1) is 0 Å². The molecule has 2 aromatic rings. The molecule has 1 aromatic carbocycles. The number of nitrogens with one attached hydrogen (secondary N) is 1. The van der Waals surface area contributed by atoms with Gasteiger partial charge >= 0.3 is 12.1 Å². The first-order valence-electron chi connectivity index (χ1n) is 5.79. The molecule has 0 amide bonds. The van der Waals surface area contributed by atoms with Crippen molar-refractivity contribution in [2.75, 3.05) is 6.61 Å². The summed E-state index contributed by atoms with van der Waals surface area (Å²) in [5, 5.41) is 9.35. The number of aromatic nitrogens is 3. The average molecular weight is 320 g/mol. The Hall–Kier alpha value is -2.09. The zero-order valence-electron chi connectivity index (χ0n) is 10.7. The quantitative estimate of drug-likeness (QED) is 0.881. The van der Waals surface area contributed by atoms with Crippen molar-refractivity contribution in [3.63, 3.8) is 0 Å². The van der Waals surface area contributed by atoms with Crippen LogP contribution in [0.4, 0.5) is 13.2 Å². The minimum Gasteiger partial charge on any atom is -0.461 e. The van der Waals surface area contributed by atoms with Crippen LogP contribution in [0.2, 0.25) is 5.02 Å². The second-order valence-corrected chi connectivity index (χ2v) is 4.37. The van der Waals surface area contributed by atoms with Crippen LogP contribution < -0.4 is 0 Å². The van der Waals surface area contributed by atoms with Gasteiger partial charge in [-0.25, -0.2) is 4.79 Å². The number of halogens is 4. The van der Waals surface area contributed by atoms with Crippen LogP contribution in [-0.4, -0.2) is 28.0 Å². The molecule has 1 heterocycles. The fraction of sp³-hybridized carbons (Fsp3) is 0.250. The standard InChI is InChI=1S/C12H9ClF3N3O2/c1-2-21-11(20)10-9(17-19-18-10)7-5-6(13)3-4-8(7)12(14,15)16/h3-5H,2H2,1H3,(H,17,18,19). The number of benzene rings is 1. The van der Waals surface area contributed by atoms with Gasteiger partial charge in [-0.1, -0.05) is 11.6 Å². The monoisotopic (exact) mass is 319 g/mol. The molecule has 21 heavy (non-hydrogen) atoms. The van der Waals surface area contributed by atoms with Crippen LogP contribution in [-0.2, 0) is 10.9 Å². The van der Waals surface area contributed by atoms with Crippen molar-refractivity contribution in [2.45, 2.75) is 13.1 Å². The number of aromatic amines is 1. The minimum absolute atomic E-state index is 0.0623. The molecule has 0 saturated heterocycles. The number of rotatable bonds is 3. The highest BCUT2D eigenvalue weighted by Crippen LogP contribution is 2.38. The van der Waals surface area contributed by atoms with E-state index in [2.05, 4.69) is 15.4 Å². The smallest absolute Gasteiger partial charge is 0.417 e. The van der Waals surface area contributed by atoms with Gasteiger partial charge in [-0.3, -0.25) is 0 Å². The maximum atomic E-state index is 13.0. The van der Waals surface area contributed by atoms with Crippen molar-refractivity contribution in [3.05, 3.63) is 34.5 Å². The topological polar surface area (TPSA) is 67.9 Å². The molecule has 112 valence electrons. The number of hydrogen-bond donors (Lipinski definition) is 1. The summed E-state index contributed by atoms with van der Waals surface area (Å²) in [6, 6.07) is 3.00. The molecular formula is C12H9ClF3N3O2. The van der Waals surface area contributed by atoms with Gasteiger partial charge in [0.05, 0.1) is 12.2 Å². The molecule has 1 aromatic heterocycles. The molecule has 9 heteroatoms. The third-order valence-corrected chi connectivity index (χ3v) is 2.79. The molecule has 0 fully saturated rings. The van der Waals surface area contributed by atoms with Gasteiger partial charge in [-0.15, -0.1) is 5.10 Å². The van der Waals surface area contributed by atoms with E-state index in [1.165, 1.54) is 0 Å². The van der Waals surface area contributed by atoms with E-state index in [0.717, 1.165) is 18.2 Å². The van der Waals surface area contributed by atoms with Crippen LogP contribution in [0.25, 0.3) is 11.3 Å². The number of nitrogens with zero attached hydrogens (tertiary/aromatic N) is 2. The maximum Gasteiger partial charge on any atom is 0.417 e. The fourth-order valence-corrected chi connectivity index (χ4v) is 1.89. The molecule has 0 aliphatic heterocycles. The predicted octanol–water partition coefficient (Wildman–Crippen LogP) is 3.32. The summed E-state index contributed by atoms with van der Waals surface area (Å²) in [6.07, 6.45) is -4.62. The zero-order chi connectivity index (χ0) is 15.6. The molecule has 2 rings (SSSR count). The Labute approximate surface area is 122 Å². The highest BCUT2D eigenvalue weighted by Gasteiger charge is 2.35. The van der Waals surface area contributed by atoms with Gasteiger partial charge in [0.2, 0.25) is 0 Å². The van der Waals surface area contributed by atoms with Crippen molar-refractivity contribution in [3.8, 4) is 11.3 Å². The summed E-state index contributed by atoms with van der Waals surface area (Å²) < 4.78 is 43.8. The highest BCUT2D eigenvalue weighted by atomic mass is 35.5. The van der Waals surface area contributed by atoms with Crippen LogP contribution in [0.15, 0.2) is 18.2 Å². The Balaban J connectivity index is 2.60. The first-order valence-corrected chi connectivity index (χ1v) is 6.17. The molecule has 1 N–H and O–H groups in total. The third kappa shape index (κ3) is 3.15. The number of hydrogen-bond acceptors (Lipinski definition) is 4. The fourth-order valence-electron chi connectivity index (χ4n) is 1.72. The highest BCUT2D eigenvalue weighted by molar-refractivity contribution is 6.30. The third-order valence-electron chi connectivity index (χ3n) is 2.56. The van der Waals surface area contributed by atoms with Gasteiger partial charge in [0, 0.05) is 10.6 Å². The summed E-state index contributed by atoms with van der Waals surface area (Å²) in [5.74, 6) is -0.866. The van der Waals surface area contributed by atoms with E-state index >= 15 is 0 Å². The Morgan fingerprint density at radius 1 is 1.38 bits per heavy atom. The van der Waals surface area contributed by atoms with Crippen molar-refractivity contribution in [1.82, 2.24) is 15.4 Å². The summed E-state index contributed by atoms with van der Waals surface area (Å²) in [7, 11) is 0. The normalized spacial score (nSPS) is 11.5. The number of carbonyl (C=O) groups excluding carboxylic acids is 1. The van der Waals surface area contributed by atoms with Gasteiger partial charge in [-0.2, -0.15) is 23.5 Å². The van der Waals surface area contributed by atoms with E-state index in [1.807, 2.05) is 0 Å². The van der Waals surface area contributed by atoms with Crippen molar-refractivity contribution in [1.29, 1.82) is 0 Å². The molecule has 0 saturated carbocycles. The van der Waals surface area contributed by atoms with Gasteiger partial charge in [0.25, 0.3) is 0 Å². The van der Waals surface area contributed by atoms with Gasteiger partial charge in [-0.05, 0) is 25.1 Å². The lowest BCUT2D eigenvalue weighted by molar-refractivity contribution is -0.137. The van der Waals surface area contributed by atoms with Gasteiger partial charge in [0.1, 0.15) is 5.69 Å². The Kier molecular flexibility index (Phi) is 4.17. The number of H-pyrrole nitrogens is 1. The zero-order valence-corrected chi connectivity index (χ0v) is 11.4. The second kappa shape index (κ2) is 5.72. The average Bonchev–Trinajstić information content (AvgIpc) is 2.86. The summed E-state index contributed by atoms with van der Waals surface area (Å²) in [5.41, 5.74) is -1.90. The largest absolute Gasteiger partial charge is 0.461 e. The van der Waals surface area contributed by atoms with Crippen LogP contribution in [0.5, 0.6) is 0 Å². The lowest BCUT2D eigenvalue weighted by Crippen LogP contribution is -2.10. The summed E-state index contributed by atoms with van der Waals surface area (Å²) in [6.45, 7) is 1.63. The van der Waals surface area contributed by atoms with Gasteiger partial charge < -0.3 is 4.74 Å². The molecule has 0 aliphatic rings. The Morgan fingerprint density at radius 3 is 2.71 bits per heavy atom. The van der Waals surface area contributed by atoms with Crippen LogP contribution in [0.3, 0.4) is 0 Å². The lowest BCUT2D eigenvalue weighted by Gasteiger charge is -2.12. The van der Waals surface area contributed by atoms with E-state index in [0.29, 0.717) is 0 Å². The Morgan fingerprint density at radius 2 is 2.10 bits per heavy atom.